The van der Waals surface area contributed by atoms with E-state index in [1.165, 1.54) is 0 Å². The van der Waals surface area contributed by atoms with E-state index in [2.05, 4.69) is 15.6 Å². The predicted octanol–water partition coefficient (Wildman–Crippen LogP) is 1.49. The molecule has 0 aromatic carbocycles. The number of hydrogen-bond acceptors (Lipinski definition) is 5. The first-order valence-corrected chi connectivity index (χ1v) is 9.06. The number of hydrogen-bond donors (Lipinski definition) is 3. The Morgan fingerprint density at radius 2 is 2.36 bits per heavy atom. The lowest BCUT2D eigenvalue weighted by atomic mass is 10.0. The van der Waals surface area contributed by atoms with Gasteiger partial charge in [0, 0.05) is 32.2 Å². The van der Waals surface area contributed by atoms with Crippen LogP contribution in [0.25, 0.3) is 0 Å². The van der Waals surface area contributed by atoms with Crippen LogP contribution in [-0.4, -0.2) is 57.1 Å². The van der Waals surface area contributed by atoms with E-state index in [9.17, 15) is 5.11 Å². The van der Waals surface area contributed by atoms with Gasteiger partial charge in [-0.2, -0.15) is 0 Å². The van der Waals surface area contributed by atoms with Crippen LogP contribution >= 0.6 is 0 Å². The van der Waals surface area contributed by atoms with Crippen molar-refractivity contribution in [1.29, 1.82) is 0 Å². The van der Waals surface area contributed by atoms with E-state index in [1.807, 2.05) is 6.92 Å². The highest BCUT2D eigenvalue weighted by Gasteiger charge is 2.26. The number of ether oxygens (including phenoxy) is 2. The van der Waals surface area contributed by atoms with Crippen LogP contribution in [0.1, 0.15) is 32.4 Å². The van der Waals surface area contributed by atoms with Gasteiger partial charge in [-0.1, -0.05) is 0 Å². The van der Waals surface area contributed by atoms with E-state index in [1.54, 1.807) is 25.3 Å². The first kappa shape index (κ1) is 19.8. The molecule has 0 amide bonds. The highest BCUT2D eigenvalue weighted by Crippen LogP contribution is 2.21. The number of aliphatic imine (C=N–C) groups is 1. The highest BCUT2D eigenvalue weighted by molar-refractivity contribution is 5.79. The Balaban J connectivity index is 1.66. The summed E-state index contributed by atoms with van der Waals surface area (Å²) in [5.41, 5.74) is -1.13. The number of guanidine groups is 1. The summed E-state index contributed by atoms with van der Waals surface area (Å²) in [5.74, 6) is 1.74. The molecule has 7 heteroatoms. The van der Waals surface area contributed by atoms with Crippen molar-refractivity contribution >= 4 is 5.96 Å². The second-order valence-corrected chi connectivity index (χ2v) is 6.53. The molecule has 1 aromatic rings. The van der Waals surface area contributed by atoms with Crippen LogP contribution in [-0.2, 0) is 15.1 Å². The first-order valence-electron chi connectivity index (χ1n) is 9.06. The molecule has 1 fully saturated rings. The molecule has 0 spiro atoms. The molecule has 3 N–H and O–H groups in total. The van der Waals surface area contributed by atoms with Crippen molar-refractivity contribution in [2.75, 3.05) is 46.1 Å². The number of nitrogens with one attached hydrogen (secondary N) is 2. The average molecular weight is 353 g/mol. The fourth-order valence-corrected chi connectivity index (χ4v) is 2.58. The highest BCUT2D eigenvalue weighted by atomic mass is 16.5. The van der Waals surface area contributed by atoms with Gasteiger partial charge in [0.15, 0.2) is 5.96 Å². The SMILES string of the molecule is CCNC(=NCC(C)(O)c1ccco1)NCCCOCC1CCOC1. The van der Waals surface area contributed by atoms with Gasteiger partial charge in [-0.25, -0.2) is 4.99 Å². The monoisotopic (exact) mass is 353 g/mol. The molecular formula is C18H31N3O4. The molecule has 2 atom stereocenters. The normalized spacial score (nSPS) is 20.4. The molecule has 0 bridgehead atoms. The second-order valence-electron chi connectivity index (χ2n) is 6.53. The maximum Gasteiger partial charge on any atom is 0.191 e. The van der Waals surface area contributed by atoms with Gasteiger partial charge in [0.2, 0.25) is 0 Å². The zero-order valence-electron chi connectivity index (χ0n) is 15.3. The fourth-order valence-electron chi connectivity index (χ4n) is 2.58. The Hall–Kier alpha value is -1.57. The lowest BCUT2D eigenvalue weighted by Gasteiger charge is -2.19. The van der Waals surface area contributed by atoms with Crippen LogP contribution in [0.3, 0.4) is 0 Å². The van der Waals surface area contributed by atoms with Crippen LogP contribution in [0.5, 0.6) is 0 Å². The van der Waals surface area contributed by atoms with Gasteiger partial charge in [0.05, 0.1) is 26.0 Å². The van der Waals surface area contributed by atoms with Crippen LogP contribution in [0.4, 0.5) is 0 Å². The standard InChI is InChI=1S/C18H31N3O4/c1-3-19-17(21-14-18(2,22)16-6-4-10-25-16)20-8-5-9-23-12-15-7-11-24-13-15/h4,6,10,15,22H,3,5,7-9,11-14H2,1-2H3,(H2,19,20,21). The van der Waals surface area contributed by atoms with E-state index in [-0.39, 0.29) is 6.54 Å². The van der Waals surface area contributed by atoms with E-state index in [0.29, 0.717) is 24.2 Å². The molecular weight excluding hydrogens is 322 g/mol. The zero-order chi connectivity index (χ0) is 18.0. The summed E-state index contributed by atoms with van der Waals surface area (Å²) >= 11 is 0. The van der Waals surface area contributed by atoms with Crippen molar-refractivity contribution in [2.24, 2.45) is 10.9 Å². The molecule has 2 heterocycles. The van der Waals surface area contributed by atoms with Gasteiger partial charge in [0.25, 0.3) is 0 Å². The quantitative estimate of drug-likeness (QED) is 0.335. The van der Waals surface area contributed by atoms with Gasteiger partial charge in [-0.15, -0.1) is 0 Å². The van der Waals surface area contributed by atoms with Gasteiger partial charge in [-0.05, 0) is 38.8 Å². The molecule has 25 heavy (non-hydrogen) atoms. The minimum absolute atomic E-state index is 0.216. The Morgan fingerprint density at radius 1 is 1.48 bits per heavy atom. The summed E-state index contributed by atoms with van der Waals surface area (Å²) in [4.78, 5) is 4.45. The van der Waals surface area contributed by atoms with Crippen LogP contribution in [0.15, 0.2) is 27.8 Å². The van der Waals surface area contributed by atoms with Gasteiger partial charge in [-0.3, -0.25) is 0 Å². The topological polar surface area (TPSA) is 88.3 Å². The predicted molar refractivity (Wildman–Crippen MR) is 96.6 cm³/mol. The molecule has 7 nitrogen and oxygen atoms in total. The zero-order valence-corrected chi connectivity index (χ0v) is 15.3. The average Bonchev–Trinajstić information content (AvgIpc) is 3.29. The molecule has 142 valence electrons. The lowest BCUT2D eigenvalue weighted by molar-refractivity contribution is 0.0437. The Morgan fingerprint density at radius 3 is 3.04 bits per heavy atom. The Bertz CT molecular complexity index is 496. The van der Waals surface area contributed by atoms with Crippen molar-refractivity contribution in [1.82, 2.24) is 10.6 Å². The molecule has 2 unspecified atom stereocenters. The van der Waals surface area contributed by atoms with Crippen molar-refractivity contribution < 1.29 is 19.0 Å². The van der Waals surface area contributed by atoms with Crippen LogP contribution < -0.4 is 10.6 Å². The second kappa shape index (κ2) is 10.4. The van der Waals surface area contributed by atoms with Crippen molar-refractivity contribution in [3.05, 3.63) is 24.2 Å². The van der Waals surface area contributed by atoms with Gasteiger partial charge in [0.1, 0.15) is 11.4 Å². The van der Waals surface area contributed by atoms with E-state index >= 15 is 0 Å². The van der Waals surface area contributed by atoms with Crippen molar-refractivity contribution in [3.8, 4) is 0 Å². The fraction of sp³-hybridized carbons (Fsp3) is 0.722. The molecule has 0 saturated carbocycles. The maximum atomic E-state index is 10.5. The van der Waals surface area contributed by atoms with Crippen LogP contribution in [0, 0.1) is 5.92 Å². The molecule has 1 aromatic heterocycles. The number of furan rings is 1. The van der Waals surface area contributed by atoms with Gasteiger partial charge >= 0.3 is 0 Å². The molecule has 1 saturated heterocycles. The Kier molecular flexibility index (Phi) is 8.24. The summed E-state index contributed by atoms with van der Waals surface area (Å²) in [6.45, 7) is 8.61. The lowest BCUT2D eigenvalue weighted by Crippen LogP contribution is -2.39. The minimum atomic E-state index is -1.13. The molecule has 0 aliphatic carbocycles. The summed E-state index contributed by atoms with van der Waals surface area (Å²) in [6.07, 6.45) is 3.55. The maximum absolute atomic E-state index is 10.5. The summed E-state index contributed by atoms with van der Waals surface area (Å²) in [5, 5.41) is 16.9. The first-order chi connectivity index (χ1) is 12.1. The number of nitrogens with zero attached hydrogens (tertiary/aromatic N) is 1. The smallest absolute Gasteiger partial charge is 0.191 e. The van der Waals surface area contributed by atoms with E-state index < -0.39 is 5.60 Å². The molecule has 1 aliphatic rings. The summed E-state index contributed by atoms with van der Waals surface area (Å²) in [7, 11) is 0. The third-order valence-electron chi connectivity index (χ3n) is 4.08. The largest absolute Gasteiger partial charge is 0.466 e. The van der Waals surface area contributed by atoms with Crippen molar-refractivity contribution in [2.45, 2.75) is 32.3 Å². The van der Waals surface area contributed by atoms with Crippen molar-refractivity contribution in [3.63, 3.8) is 0 Å². The third-order valence-corrected chi connectivity index (χ3v) is 4.08. The number of rotatable bonds is 10. The number of aliphatic hydroxyl groups is 1. The summed E-state index contributed by atoms with van der Waals surface area (Å²) in [6, 6.07) is 3.51. The minimum Gasteiger partial charge on any atom is -0.466 e. The summed E-state index contributed by atoms with van der Waals surface area (Å²) < 4.78 is 16.3. The third kappa shape index (κ3) is 7.05. The Labute approximate surface area is 149 Å². The molecule has 2 rings (SSSR count). The van der Waals surface area contributed by atoms with E-state index in [4.69, 9.17) is 13.9 Å². The molecule has 1 aliphatic heterocycles. The van der Waals surface area contributed by atoms with Gasteiger partial charge < -0.3 is 29.6 Å². The van der Waals surface area contributed by atoms with Crippen LogP contribution in [0.2, 0.25) is 0 Å². The molecule has 0 radical (unpaired) electrons. The van der Waals surface area contributed by atoms with E-state index in [0.717, 1.165) is 45.8 Å².